The summed E-state index contributed by atoms with van der Waals surface area (Å²) in [4.78, 5) is 2.72. The minimum atomic E-state index is 0.166. The first kappa shape index (κ1) is 19.1. The lowest BCUT2D eigenvalue weighted by atomic mass is 9.70. The maximum Gasteiger partial charge on any atom is 0.130 e. The Morgan fingerprint density at radius 1 is 1.00 bits per heavy atom. The molecule has 3 aliphatic rings. The smallest absolute Gasteiger partial charge is 0.130 e. The minimum absolute atomic E-state index is 0.166. The van der Waals surface area contributed by atoms with E-state index in [4.69, 9.17) is 4.74 Å². The lowest BCUT2D eigenvalue weighted by Crippen LogP contribution is -2.38. The fourth-order valence-corrected chi connectivity index (χ4v) is 9.09. The number of rotatable bonds is 3. The average molecular weight is 411 g/mol. The van der Waals surface area contributed by atoms with Crippen LogP contribution in [0.1, 0.15) is 55.7 Å². The maximum atomic E-state index is 6.83. The molecular formula is C25H30OS2. The molecular weight excluding hydrogens is 380 g/mol. The van der Waals surface area contributed by atoms with Crippen molar-refractivity contribution in [2.24, 2.45) is 16.7 Å². The average Bonchev–Trinajstić information content (AvgIpc) is 3.24. The summed E-state index contributed by atoms with van der Waals surface area (Å²) < 4.78 is 6.83. The number of hydrogen-bond donors (Lipinski definition) is 0. The molecule has 28 heavy (non-hydrogen) atoms. The summed E-state index contributed by atoms with van der Waals surface area (Å²) in [5, 5.41) is 0.650. The van der Waals surface area contributed by atoms with Crippen LogP contribution in [0.25, 0.3) is 0 Å². The van der Waals surface area contributed by atoms with Gasteiger partial charge in [-0.25, -0.2) is 0 Å². The van der Waals surface area contributed by atoms with Gasteiger partial charge in [0, 0.05) is 26.0 Å². The van der Waals surface area contributed by atoms with Crippen LogP contribution in [0.2, 0.25) is 0 Å². The SMILES string of the molecule is Cc1cccc(C)c1Sc1ccccc1[C@H]1O[C@@H]2[C@H](S1)[C@H]1CC[C@]2(C)C1(C)C. The zero-order valence-electron chi connectivity index (χ0n) is 17.5. The molecule has 148 valence electrons. The van der Waals surface area contributed by atoms with E-state index >= 15 is 0 Å². The minimum Gasteiger partial charge on any atom is -0.358 e. The van der Waals surface area contributed by atoms with Crippen LogP contribution in [0.3, 0.4) is 0 Å². The molecule has 2 aromatic rings. The van der Waals surface area contributed by atoms with E-state index in [9.17, 15) is 0 Å². The molecule has 1 saturated heterocycles. The predicted molar refractivity (Wildman–Crippen MR) is 120 cm³/mol. The van der Waals surface area contributed by atoms with E-state index < -0.39 is 0 Å². The number of thioether (sulfide) groups is 1. The number of fused-ring (bicyclic) bond motifs is 5. The van der Waals surface area contributed by atoms with E-state index in [0.717, 1.165) is 5.92 Å². The summed E-state index contributed by atoms with van der Waals surface area (Å²) in [7, 11) is 0. The third-order valence-electron chi connectivity index (χ3n) is 8.04. The van der Waals surface area contributed by atoms with Gasteiger partial charge in [-0.1, -0.05) is 68.9 Å². The first-order valence-corrected chi connectivity index (χ1v) is 12.2. The van der Waals surface area contributed by atoms with Gasteiger partial charge in [0.2, 0.25) is 0 Å². The third-order valence-corrected chi connectivity index (χ3v) is 11.0. The normalized spacial score (nSPS) is 35.3. The van der Waals surface area contributed by atoms with Crippen LogP contribution >= 0.6 is 23.5 Å². The van der Waals surface area contributed by atoms with Gasteiger partial charge in [0.25, 0.3) is 0 Å². The molecule has 0 radical (unpaired) electrons. The van der Waals surface area contributed by atoms with Crippen molar-refractivity contribution in [3.8, 4) is 0 Å². The molecule has 0 aromatic heterocycles. The Labute approximate surface area is 178 Å². The van der Waals surface area contributed by atoms with Crippen LogP contribution in [-0.2, 0) is 4.74 Å². The molecule has 0 unspecified atom stereocenters. The van der Waals surface area contributed by atoms with E-state index in [1.165, 1.54) is 39.3 Å². The van der Waals surface area contributed by atoms with Crippen LogP contribution in [0.5, 0.6) is 0 Å². The highest BCUT2D eigenvalue weighted by molar-refractivity contribution is 8.00. The number of hydrogen-bond acceptors (Lipinski definition) is 3. The molecule has 1 nitrogen and oxygen atoms in total. The number of benzene rings is 2. The van der Waals surface area contributed by atoms with Crippen molar-refractivity contribution in [1.82, 2.24) is 0 Å². The maximum absolute atomic E-state index is 6.83. The zero-order chi connectivity index (χ0) is 19.7. The molecule has 0 spiro atoms. The lowest BCUT2D eigenvalue weighted by Gasteiger charge is -2.38. The Bertz CT molecular complexity index is 900. The first-order valence-electron chi connectivity index (χ1n) is 10.5. The standard InChI is InChI=1S/C25H30OS2/c1-15-9-8-10-16(2)20(15)27-19-12-7-6-11-17(19)23-26-22-21(28-23)18-13-14-25(22,5)24(18,3)4/h6-12,18,21-23H,13-14H2,1-5H3/t18-,21-,22-,23+,25+/m1/s1. The van der Waals surface area contributed by atoms with Gasteiger partial charge in [-0.2, -0.15) is 0 Å². The van der Waals surface area contributed by atoms with Gasteiger partial charge in [-0.05, 0) is 55.2 Å². The van der Waals surface area contributed by atoms with Crippen LogP contribution in [0.15, 0.2) is 52.3 Å². The molecule has 2 saturated carbocycles. The molecule has 2 aliphatic carbocycles. The van der Waals surface area contributed by atoms with E-state index in [0.29, 0.717) is 22.2 Å². The van der Waals surface area contributed by atoms with E-state index in [-0.39, 0.29) is 5.44 Å². The van der Waals surface area contributed by atoms with Gasteiger partial charge >= 0.3 is 0 Å². The molecule has 5 atom stereocenters. The Morgan fingerprint density at radius 2 is 1.71 bits per heavy atom. The zero-order valence-corrected chi connectivity index (χ0v) is 19.1. The van der Waals surface area contributed by atoms with Crippen LogP contribution in [0, 0.1) is 30.6 Å². The van der Waals surface area contributed by atoms with Crippen LogP contribution in [-0.4, -0.2) is 11.4 Å². The predicted octanol–water partition coefficient (Wildman–Crippen LogP) is 7.41. The highest BCUT2D eigenvalue weighted by Gasteiger charge is 2.69. The molecule has 2 aromatic carbocycles. The number of aryl methyl sites for hydroxylation is 2. The quantitative estimate of drug-likeness (QED) is 0.521. The Balaban J connectivity index is 1.45. The van der Waals surface area contributed by atoms with Gasteiger partial charge in [-0.3, -0.25) is 0 Å². The van der Waals surface area contributed by atoms with Gasteiger partial charge in [0.05, 0.1) is 6.10 Å². The fraction of sp³-hybridized carbons (Fsp3) is 0.520. The van der Waals surface area contributed by atoms with Gasteiger partial charge in [-0.15, -0.1) is 11.8 Å². The van der Waals surface area contributed by atoms with Crippen molar-refractivity contribution in [1.29, 1.82) is 0 Å². The van der Waals surface area contributed by atoms with E-state index in [2.05, 4.69) is 88.8 Å². The van der Waals surface area contributed by atoms with Crippen molar-refractivity contribution in [3.05, 3.63) is 59.2 Å². The second-order valence-corrected chi connectivity index (χ2v) is 11.9. The number of ether oxygens (including phenoxy) is 1. The van der Waals surface area contributed by atoms with Gasteiger partial charge < -0.3 is 4.74 Å². The molecule has 3 heteroatoms. The highest BCUT2D eigenvalue weighted by atomic mass is 32.2. The molecule has 0 N–H and O–H groups in total. The summed E-state index contributed by atoms with van der Waals surface area (Å²) in [5.41, 5.74) is 4.94. The van der Waals surface area contributed by atoms with E-state index in [1.54, 1.807) is 0 Å². The molecule has 0 amide bonds. The lowest BCUT2D eigenvalue weighted by molar-refractivity contribution is -0.0450. The summed E-state index contributed by atoms with van der Waals surface area (Å²) >= 11 is 4.00. The Kier molecular flexibility index (Phi) is 4.47. The van der Waals surface area contributed by atoms with Gasteiger partial charge in [0.15, 0.2) is 0 Å². The molecule has 5 rings (SSSR count). The monoisotopic (exact) mass is 410 g/mol. The molecule has 1 heterocycles. The molecule has 3 fully saturated rings. The highest BCUT2D eigenvalue weighted by Crippen LogP contribution is 2.72. The fourth-order valence-electron chi connectivity index (χ4n) is 5.91. The van der Waals surface area contributed by atoms with Crippen molar-refractivity contribution in [2.75, 3.05) is 0 Å². The Hall–Kier alpha value is -0.900. The van der Waals surface area contributed by atoms with Crippen molar-refractivity contribution < 1.29 is 4.74 Å². The topological polar surface area (TPSA) is 9.23 Å². The second-order valence-electron chi connectivity index (χ2n) is 9.63. The van der Waals surface area contributed by atoms with Crippen molar-refractivity contribution in [2.45, 2.75) is 74.0 Å². The van der Waals surface area contributed by atoms with Gasteiger partial charge in [0.1, 0.15) is 5.44 Å². The van der Waals surface area contributed by atoms with Crippen molar-refractivity contribution >= 4 is 23.5 Å². The first-order chi connectivity index (χ1) is 13.3. The van der Waals surface area contributed by atoms with Crippen LogP contribution < -0.4 is 0 Å². The summed E-state index contributed by atoms with van der Waals surface area (Å²) in [6.45, 7) is 11.9. The molecule has 2 bridgehead atoms. The third kappa shape index (κ3) is 2.58. The Morgan fingerprint density at radius 3 is 2.43 bits per heavy atom. The second kappa shape index (κ2) is 6.55. The van der Waals surface area contributed by atoms with E-state index in [1.807, 2.05) is 11.8 Å². The van der Waals surface area contributed by atoms with Crippen molar-refractivity contribution in [3.63, 3.8) is 0 Å². The largest absolute Gasteiger partial charge is 0.358 e. The summed E-state index contributed by atoms with van der Waals surface area (Å²) in [5.74, 6) is 0.788. The summed E-state index contributed by atoms with van der Waals surface area (Å²) in [6.07, 6.45) is 3.08. The van der Waals surface area contributed by atoms with Crippen LogP contribution in [0.4, 0.5) is 0 Å². The molecule has 1 aliphatic heterocycles. The summed E-state index contributed by atoms with van der Waals surface area (Å²) in [6, 6.07) is 15.5.